The lowest BCUT2D eigenvalue weighted by Crippen LogP contribution is -2.06. The highest BCUT2D eigenvalue weighted by Gasteiger charge is 2.12. The van der Waals surface area contributed by atoms with E-state index in [1.165, 1.54) is 5.56 Å². The van der Waals surface area contributed by atoms with Crippen LogP contribution in [0.25, 0.3) is 22.5 Å². The summed E-state index contributed by atoms with van der Waals surface area (Å²) < 4.78 is 1.95. The summed E-state index contributed by atoms with van der Waals surface area (Å²) in [7, 11) is 0. The number of thiol groups is 1. The smallest absolute Gasteiger partial charge is 0.180 e. The molecular weight excluding hydrogens is 382 g/mol. The van der Waals surface area contributed by atoms with Gasteiger partial charge in [0.05, 0.1) is 5.75 Å². The molecule has 0 aliphatic heterocycles. The van der Waals surface area contributed by atoms with E-state index in [9.17, 15) is 0 Å². The predicted octanol–water partition coefficient (Wildman–Crippen LogP) is 3.72. The van der Waals surface area contributed by atoms with Gasteiger partial charge in [-0.25, -0.2) is 14.8 Å². The molecular formula is C21H21N7S. The van der Waals surface area contributed by atoms with Gasteiger partial charge in [0.1, 0.15) is 5.82 Å². The van der Waals surface area contributed by atoms with E-state index in [0.717, 1.165) is 41.3 Å². The first-order chi connectivity index (χ1) is 14.3. The molecule has 0 fully saturated rings. The Hall–Kier alpha value is -3.26. The number of hydrogen-bond acceptors (Lipinski definition) is 6. The first kappa shape index (κ1) is 19.1. The Balaban J connectivity index is 1.59. The van der Waals surface area contributed by atoms with Crippen LogP contribution in [0.5, 0.6) is 0 Å². The molecule has 0 radical (unpaired) electrons. The predicted molar refractivity (Wildman–Crippen MR) is 115 cm³/mol. The highest BCUT2D eigenvalue weighted by molar-refractivity contribution is 7.79. The molecule has 0 aliphatic rings. The number of nitrogens with one attached hydrogen (secondary N) is 1. The fourth-order valence-corrected chi connectivity index (χ4v) is 3.35. The van der Waals surface area contributed by atoms with Crippen LogP contribution in [-0.4, -0.2) is 35.4 Å². The number of allylic oxidation sites excluding steroid dienone is 1. The number of benzene rings is 2. The molecule has 7 nitrogen and oxygen atoms in total. The van der Waals surface area contributed by atoms with Crippen LogP contribution >= 0.6 is 12.6 Å². The van der Waals surface area contributed by atoms with Gasteiger partial charge in [0.25, 0.3) is 0 Å². The van der Waals surface area contributed by atoms with E-state index >= 15 is 0 Å². The van der Waals surface area contributed by atoms with Gasteiger partial charge >= 0.3 is 0 Å². The van der Waals surface area contributed by atoms with E-state index in [2.05, 4.69) is 80.2 Å². The molecule has 0 atom stereocenters. The molecule has 2 heterocycles. The third kappa shape index (κ3) is 4.27. The Labute approximate surface area is 174 Å². The van der Waals surface area contributed by atoms with E-state index in [1.54, 1.807) is 0 Å². The fraction of sp³-hybridized carbons (Fsp3) is 0.190. The topological polar surface area (TPSA) is 85.2 Å². The Kier molecular flexibility index (Phi) is 5.81. The van der Waals surface area contributed by atoms with Crippen molar-refractivity contribution in [2.75, 3.05) is 0 Å². The molecule has 29 heavy (non-hydrogen) atoms. The molecule has 146 valence electrons. The van der Waals surface area contributed by atoms with Gasteiger partial charge in [0, 0.05) is 18.5 Å². The second-order valence-electron chi connectivity index (χ2n) is 6.57. The Morgan fingerprint density at radius 1 is 1.07 bits per heavy atom. The summed E-state index contributed by atoms with van der Waals surface area (Å²) in [5.41, 5.74) is 4.31. The van der Waals surface area contributed by atoms with E-state index in [1.807, 2.05) is 29.0 Å². The zero-order chi connectivity index (χ0) is 20.1. The number of nitrogens with zero attached hydrogens (tertiary/aromatic N) is 6. The first-order valence-corrected chi connectivity index (χ1v) is 9.98. The summed E-state index contributed by atoms with van der Waals surface area (Å²) in [6.45, 7) is 4.56. The first-order valence-electron chi connectivity index (χ1n) is 9.35. The monoisotopic (exact) mass is 403 g/mol. The van der Waals surface area contributed by atoms with Crippen LogP contribution in [0.1, 0.15) is 23.6 Å². The lowest BCUT2D eigenvalue weighted by Gasteiger charge is -2.09. The fourth-order valence-electron chi connectivity index (χ4n) is 3.22. The van der Waals surface area contributed by atoms with Crippen molar-refractivity contribution >= 4 is 12.6 Å². The minimum absolute atomic E-state index is 0.528. The summed E-state index contributed by atoms with van der Waals surface area (Å²) in [6.07, 6.45) is 3.46. The van der Waals surface area contributed by atoms with E-state index in [4.69, 9.17) is 0 Å². The number of hydrogen-bond donors (Lipinski definition) is 2. The quantitative estimate of drug-likeness (QED) is 0.346. The molecule has 2 aromatic heterocycles. The lowest BCUT2D eigenvalue weighted by molar-refractivity contribution is 0.591. The highest BCUT2D eigenvalue weighted by atomic mass is 32.1. The standard InChI is InChI=1S/C21H21N7S/c1-2-3-12-28-20(22-19(14-29)25-28)13-15-8-10-16(11-9-15)17-6-4-5-7-18(17)21-23-26-27-24-21/h2,4-11,29H,1,3,12-14H2,(H,23,24,26,27). The van der Waals surface area contributed by atoms with Crippen molar-refractivity contribution in [3.05, 3.63) is 78.4 Å². The molecule has 0 saturated heterocycles. The summed E-state index contributed by atoms with van der Waals surface area (Å²) in [5, 5.41) is 18.8. The Morgan fingerprint density at radius 3 is 2.55 bits per heavy atom. The molecule has 4 aromatic rings. The summed E-state index contributed by atoms with van der Waals surface area (Å²) in [6, 6.07) is 16.5. The number of aromatic amines is 1. The molecule has 0 aliphatic carbocycles. The van der Waals surface area contributed by atoms with Crippen molar-refractivity contribution in [1.82, 2.24) is 35.4 Å². The Bertz CT molecular complexity index is 1080. The molecule has 8 heteroatoms. The van der Waals surface area contributed by atoms with Crippen molar-refractivity contribution < 1.29 is 0 Å². The minimum atomic E-state index is 0.528. The van der Waals surface area contributed by atoms with Gasteiger partial charge < -0.3 is 0 Å². The van der Waals surface area contributed by atoms with E-state index in [-0.39, 0.29) is 0 Å². The van der Waals surface area contributed by atoms with Crippen LogP contribution in [0.3, 0.4) is 0 Å². The number of aryl methyl sites for hydroxylation is 1. The molecule has 0 saturated carbocycles. The number of rotatable bonds is 8. The molecule has 4 rings (SSSR count). The maximum atomic E-state index is 4.62. The van der Waals surface area contributed by atoms with E-state index < -0.39 is 0 Å². The van der Waals surface area contributed by atoms with Crippen LogP contribution in [0, 0.1) is 0 Å². The second kappa shape index (κ2) is 8.83. The van der Waals surface area contributed by atoms with Gasteiger partial charge in [-0.3, -0.25) is 0 Å². The molecule has 0 bridgehead atoms. The zero-order valence-electron chi connectivity index (χ0n) is 15.9. The number of tetrazole rings is 1. The van der Waals surface area contributed by atoms with Crippen LogP contribution in [0.2, 0.25) is 0 Å². The minimum Gasteiger partial charge on any atom is -0.249 e. The summed E-state index contributed by atoms with van der Waals surface area (Å²) in [5.74, 6) is 2.87. The van der Waals surface area contributed by atoms with Gasteiger partial charge in [-0.2, -0.15) is 17.7 Å². The average molecular weight is 404 g/mol. The second-order valence-corrected chi connectivity index (χ2v) is 6.89. The van der Waals surface area contributed by atoms with Crippen LogP contribution in [0.15, 0.2) is 61.2 Å². The van der Waals surface area contributed by atoms with Crippen molar-refractivity contribution in [1.29, 1.82) is 0 Å². The van der Waals surface area contributed by atoms with Gasteiger partial charge in [-0.15, -0.1) is 11.7 Å². The number of H-pyrrole nitrogens is 1. The van der Waals surface area contributed by atoms with Crippen LogP contribution in [0.4, 0.5) is 0 Å². The molecule has 0 unspecified atom stereocenters. The average Bonchev–Trinajstić information content (AvgIpc) is 3.43. The van der Waals surface area contributed by atoms with Gasteiger partial charge in [-0.05, 0) is 33.5 Å². The molecule has 2 aromatic carbocycles. The normalized spacial score (nSPS) is 10.9. The maximum Gasteiger partial charge on any atom is 0.180 e. The van der Waals surface area contributed by atoms with Crippen molar-refractivity contribution in [2.24, 2.45) is 0 Å². The van der Waals surface area contributed by atoms with Crippen molar-refractivity contribution in [2.45, 2.75) is 25.1 Å². The van der Waals surface area contributed by atoms with Gasteiger partial charge in [0.15, 0.2) is 11.6 Å². The summed E-state index contributed by atoms with van der Waals surface area (Å²) >= 11 is 4.30. The third-order valence-electron chi connectivity index (χ3n) is 4.63. The number of aromatic nitrogens is 7. The van der Waals surface area contributed by atoms with Crippen molar-refractivity contribution in [3.8, 4) is 22.5 Å². The largest absolute Gasteiger partial charge is 0.249 e. The SMILES string of the molecule is C=CCCn1nc(CS)nc1Cc1ccc(-c2ccccc2-c2nnn[nH]2)cc1. The molecule has 1 N–H and O–H groups in total. The Morgan fingerprint density at radius 2 is 1.86 bits per heavy atom. The van der Waals surface area contributed by atoms with Gasteiger partial charge in [-0.1, -0.05) is 54.6 Å². The zero-order valence-corrected chi connectivity index (χ0v) is 16.8. The summed E-state index contributed by atoms with van der Waals surface area (Å²) in [4.78, 5) is 4.62. The van der Waals surface area contributed by atoms with Crippen LogP contribution < -0.4 is 0 Å². The maximum absolute atomic E-state index is 4.62. The molecule has 0 spiro atoms. The van der Waals surface area contributed by atoms with E-state index in [0.29, 0.717) is 18.0 Å². The van der Waals surface area contributed by atoms with Gasteiger partial charge in [0.2, 0.25) is 0 Å². The lowest BCUT2D eigenvalue weighted by atomic mass is 9.98. The van der Waals surface area contributed by atoms with Crippen molar-refractivity contribution in [3.63, 3.8) is 0 Å². The molecule has 0 amide bonds. The van der Waals surface area contributed by atoms with Crippen LogP contribution in [-0.2, 0) is 18.7 Å². The highest BCUT2D eigenvalue weighted by Crippen LogP contribution is 2.29. The third-order valence-corrected chi connectivity index (χ3v) is 4.92.